The molecule has 0 amide bonds. The SMILES string of the molecule is Cc1c(C(C)Nc2nnc(C)c3ccc(N4CCNC[C@H](F)C4)cc23)cccc1C(F)(F)F.Cl. The van der Waals surface area contributed by atoms with E-state index in [1.165, 1.54) is 13.0 Å². The number of hydrogen-bond donors (Lipinski definition) is 2. The maximum atomic E-state index is 14.1. The lowest BCUT2D eigenvalue weighted by Crippen LogP contribution is -2.30. The molecule has 184 valence electrons. The molecule has 1 saturated heterocycles. The Morgan fingerprint density at radius 1 is 1.12 bits per heavy atom. The van der Waals surface area contributed by atoms with Crippen molar-refractivity contribution >= 4 is 34.7 Å². The third-order valence-electron chi connectivity index (χ3n) is 6.16. The Bertz CT molecular complexity index is 1150. The van der Waals surface area contributed by atoms with Crippen LogP contribution in [0.5, 0.6) is 0 Å². The highest BCUT2D eigenvalue weighted by molar-refractivity contribution is 5.95. The van der Waals surface area contributed by atoms with Crippen molar-refractivity contribution in [2.45, 2.75) is 39.2 Å². The smallest absolute Gasteiger partial charge is 0.367 e. The van der Waals surface area contributed by atoms with Crippen LogP contribution in [0.15, 0.2) is 36.4 Å². The van der Waals surface area contributed by atoms with Crippen molar-refractivity contribution in [2.24, 2.45) is 0 Å². The molecule has 1 unspecified atom stereocenters. The van der Waals surface area contributed by atoms with Crippen LogP contribution in [0.3, 0.4) is 0 Å². The molecule has 2 aromatic carbocycles. The molecule has 0 bridgehead atoms. The summed E-state index contributed by atoms with van der Waals surface area (Å²) in [6.45, 7) is 7.11. The number of rotatable bonds is 4. The molecular weight excluding hydrogens is 470 g/mol. The molecule has 0 radical (unpaired) electrons. The molecule has 2 atom stereocenters. The molecule has 0 spiro atoms. The van der Waals surface area contributed by atoms with Gasteiger partial charge in [-0.15, -0.1) is 17.5 Å². The first-order valence-corrected chi connectivity index (χ1v) is 10.9. The van der Waals surface area contributed by atoms with Gasteiger partial charge in [0.2, 0.25) is 0 Å². The van der Waals surface area contributed by atoms with E-state index in [1.807, 2.05) is 30.0 Å². The average molecular weight is 498 g/mol. The molecule has 1 aliphatic rings. The molecule has 1 aliphatic heterocycles. The fourth-order valence-electron chi connectivity index (χ4n) is 4.39. The summed E-state index contributed by atoms with van der Waals surface area (Å²) in [5, 5.41) is 16.6. The Morgan fingerprint density at radius 2 is 1.88 bits per heavy atom. The summed E-state index contributed by atoms with van der Waals surface area (Å²) in [6.07, 6.45) is -5.39. The van der Waals surface area contributed by atoms with Gasteiger partial charge in [0.1, 0.15) is 6.17 Å². The largest absolute Gasteiger partial charge is 0.416 e. The van der Waals surface area contributed by atoms with E-state index in [-0.39, 0.29) is 18.0 Å². The zero-order chi connectivity index (χ0) is 23.8. The Morgan fingerprint density at radius 3 is 2.62 bits per heavy atom. The minimum absolute atomic E-state index is 0. The highest BCUT2D eigenvalue weighted by Gasteiger charge is 2.33. The van der Waals surface area contributed by atoms with Crippen molar-refractivity contribution in [3.05, 3.63) is 58.8 Å². The summed E-state index contributed by atoms with van der Waals surface area (Å²) in [4.78, 5) is 1.99. The van der Waals surface area contributed by atoms with Gasteiger partial charge in [-0.05, 0) is 50.1 Å². The minimum atomic E-state index is -4.42. The van der Waals surface area contributed by atoms with Gasteiger partial charge in [-0.2, -0.15) is 18.3 Å². The molecule has 0 aliphatic carbocycles. The number of aromatic nitrogens is 2. The Labute approximate surface area is 202 Å². The standard InChI is InChI=1S/C24H27F4N5.ClH/c1-14-19(5-4-6-22(14)24(26,27)28)15(2)30-23-21-11-18(7-8-20(21)16(3)31-32-23)33-10-9-29-12-17(25)13-33;/h4-8,11,15,17,29H,9-10,12-13H2,1-3H3,(H,30,32);1H/t15?,17-;/m0./s1. The van der Waals surface area contributed by atoms with E-state index in [0.717, 1.165) is 28.2 Å². The van der Waals surface area contributed by atoms with E-state index in [9.17, 15) is 17.6 Å². The zero-order valence-electron chi connectivity index (χ0n) is 19.2. The second kappa shape index (κ2) is 10.3. The summed E-state index contributed by atoms with van der Waals surface area (Å²) in [5.41, 5.74) is 1.68. The first-order valence-electron chi connectivity index (χ1n) is 10.9. The molecule has 10 heteroatoms. The van der Waals surface area contributed by atoms with Crippen LogP contribution in [-0.2, 0) is 6.18 Å². The van der Waals surface area contributed by atoms with Crippen LogP contribution in [0.1, 0.15) is 35.3 Å². The fourth-order valence-corrected chi connectivity index (χ4v) is 4.39. The van der Waals surface area contributed by atoms with Crippen molar-refractivity contribution in [3.63, 3.8) is 0 Å². The first-order chi connectivity index (χ1) is 15.6. The topological polar surface area (TPSA) is 53.1 Å². The third kappa shape index (κ3) is 5.36. The highest BCUT2D eigenvalue weighted by atomic mass is 35.5. The number of nitrogens with zero attached hydrogens (tertiary/aromatic N) is 3. The van der Waals surface area contributed by atoms with Gasteiger partial charge in [0.25, 0.3) is 0 Å². The van der Waals surface area contributed by atoms with Crippen molar-refractivity contribution in [1.29, 1.82) is 0 Å². The van der Waals surface area contributed by atoms with E-state index in [1.54, 1.807) is 13.0 Å². The summed E-state index contributed by atoms with van der Waals surface area (Å²) in [7, 11) is 0. The molecule has 2 N–H and O–H groups in total. The van der Waals surface area contributed by atoms with Crippen molar-refractivity contribution in [1.82, 2.24) is 15.5 Å². The maximum absolute atomic E-state index is 14.1. The second-order valence-corrected chi connectivity index (χ2v) is 8.49. The van der Waals surface area contributed by atoms with Crippen LogP contribution >= 0.6 is 12.4 Å². The summed E-state index contributed by atoms with van der Waals surface area (Å²) >= 11 is 0. The fraction of sp³-hybridized carbons (Fsp3) is 0.417. The zero-order valence-corrected chi connectivity index (χ0v) is 20.0. The average Bonchev–Trinajstić information content (AvgIpc) is 2.99. The predicted molar refractivity (Wildman–Crippen MR) is 130 cm³/mol. The van der Waals surface area contributed by atoms with E-state index in [2.05, 4.69) is 20.8 Å². The van der Waals surface area contributed by atoms with Crippen LogP contribution in [-0.4, -0.2) is 42.5 Å². The lowest BCUT2D eigenvalue weighted by molar-refractivity contribution is -0.138. The van der Waals surface area contributed by atoms with Crippen LogP contribution in [0.4, 0.5) is 29.1 Å². The van der Waals surface area contributed by atoms with E-state index in [4.69, 9.17) is 0 Å². The second-order valence-electron chi connectivity index (χ2n) is 8.49. The monoisotopic (exact) mass is 497 g/mol. The molecule has 3 aromatic rings. The van der Waals surface area contributed by atoms with E-state index in [0.29, 0.717) is 37.6 Å². The Hall–Kier alpha value is -2.65. The summed E-state index contributed by atoms with van der Waals surface area (Å²) in [5.74, 6) is 0.478. The van der Waals surface area contributed by atoms with E-state index >= 15 is 0 Å². The first kappa shape index (κ1) is 26.0. The summed E-state index contributed by atoms with van der Waals surface area (Å²) < 4.78 is 54.2. The van der Waals surface area contributed by atoms with Crippen LogP contribution in [0.25, 0.3) is 10.8 Å². The lowest BCUT2D eigenvalue weighted by atomic mass is 9.97. The number of benzene rings is 2. The third-order valence-corrected chi connectivity index (χ3v) is 6.16. The minimum Gasteiger partial charge on any atom is -0.367 e. The van der Waals surface area contributed by atoms with Gasteiger partial charge in [-0.3, -0.25) is 0 Å². The number of alkyl halides is 4. The summed E-state index contributed by atoms with van der Waals surface area (Å²) in [6, 6.07) is 9.58. The van der Waals surface area contributed by atoms with Gasteiger partial charge in [0, 0.05) is 36.1 Å². The quantitative estimate of drug-likeness (QED) is 0.459. The number of halogens is 5. The molecule has 0 saturated carbocycles. The number of nitrogens with one attached hydrogen (secondary N) is 2. The van der Waals surface area contributed by atoms with Gasteiger partial charge in [0.05, 0.1) is 23.8 Å². The van der Waals surface area contributed by atoms with Crippen LogP contribution in [0, 0.1) is 13.8 Å². The number of fused-ring (bicyclic) bond motifs is 1. The van der Waals surface area contributed by atoms with Crippen molar-refractivity contribution in [3.8, 4) is 0 Å². The van der Waals surface area contributed by atoms with Gasteiger partial charge in [-0.25, -0.2) is 4.39 Å². The van der Waals surface area contributed by atoms with Crippen molar-refractivity contribution in [2.75, 3.05) is 36.4 Å². The Balaban J connectivity index is 0.00000324. The number of anilines is 2. The maximum Gasteiger partial charge on any atom is 0.416 e. The Kier molecular flexibility index (Phi) is 7.88. The highest BCUT2D eigenvalue weighted by Crippen LogP contribution is 2.36. The molecule has 4 rings (SSSR count). The molecule has 1 aromatic heterocycles. The molecule has 34 heavy (non-hydrogen) atoms. The molecule has 1 fully saturated rings. The van der Waals surface area contributed by atoms with Gasteiger partial charge >= 0.3 is 6.18 Å². The van der Waals surface area contributed by atoms with Crippen molar-refractivity contribution < 1.29 is 17.6 Å². The van der Waals surface area contributed by atoms with Crippen LogP contribution < -0.4 is 15.5 Å². The number of aryl methyl sites for hydroxylation is 1. The van der Waals surface area contributed by atoms with Gasteiger partial charge in [-0.1, -0.05) is 18.2 Å². The van der Waals surface area contributed by atoms with Gasteiger partial charge in [0.15, 0.2) is 5.82 Å². The normalized spacial score (nSPS) is 17.7. The molecule has 2 heterocycles. The van der Waals surface area contributed by atoms with Gasteiger partial charge < -0.3 is 15.5 Å². The van der Waals surface area contributed by atoms with E-state index < -0.39 is 24.0 Å². The lowest BCUT2D eigenvalue weighted by Gasteiger charge is -2.24. The molecular formula is C24H28ClF4N5. The predicted octanol–water partition coefficient (Wildman–Crippen LogP) is 5.61. The van der Waals surface area contributed by atoms with Crippen LogP contribution in [0.2, 0.25) is 0 Å². The number of hydrogen-bond acceptors (Lipinski definition) is 5. The molecule has 5 nitrogen and oxygen atoms in total.